The predicted octanol–water partition coefficient (Wildman–Crippen LogP) is 3.06. The lowest BCUT2D eigenvalue weighted by Gasteiger charge is -2.28. The number of benzene rings is 2. The molecular formula is C27H32FN5O5. The summed E-state index contributed by atoms with van der Waals surface area (Å²) in [6, 6.07) is 13.4. The highest BCUT2D eigenvalue weighted by atomic mass is 19.1. The van der Waals surface area contributed by atoms with Crippen LogP contribution in [0, 0.1) is 5.82 Å². The summed E-state index contributed by atoms with van der Waals surface area (Å²) < 4.78 is 30.1. The van der Waals surface area contributed by atoms with Crippen molar-refractivity contribution in [2.45, 2.75) is 19.4 Å². The molecule has 11 heteroatoms. The maximum atomic E-state index is 13.5. The van der Waals surface area contributed by atoms with Crippen LogP contribution in [0.15, 0.2) is 48.5 Å². The van der Waals surface area contributed by atoms with Gasteiger partial charge in [-0.2, -0.15) is 15.0 Å². The van der Waals surface area contributed by atoms with Crippen molar-refractivity contribution in [1.82, 2.24) is 15.0 Å². The van der Waals surface area contributed by atoms with Crippen molar-refractivity contribution >= 4 is 17.9 Å². The predicted molar refractivity (Wildman–Crippen MR) is 140 cm³/mol. The molecule has 0 amide bonds. The summed E-state index contributed by atoms with van der Waals surface area (Å²) in [7, 11) is 1.87. The van der Waals surface area contributed by atoms with Gasteiger partial charge in [-0.3, -0.25) is 0 Å². The fraction of sp³-hybridized carbons (Fsp3) is 0.407. The van der Waals surface area contributed by atoms with Gasteiger partial charge in [0.25, 0.3) is 0 Å². The van der Waals surface area contributed by atoms with Gasteiger partial charge in [0, 0.05) is 38.7 Å². The van der Waals surface area contributed by atoms with Crippen LogP contribution >= 0.6 is 0 Å². The van der Waals surface area contributed by atoms with E-state index >= 15 is 0 Å². The summed E-state index contributed by atoms with van der Waals surface area (Å²) in [6.45, 7) is 5.52. The van der Waals surface area contributed by atoms with E-state index in [1.54, 1.807) is 19.1 Å². The van der Waals surface area contributed by atoms with E-state index < -0.39 is 12.1 Å². The van der Waals surface area contributed by atoms with E-state index in [0.717, 1.165) is 5.56 Å². The second kappa shape index (κ2) is 13.1. The SMILES string of the molecule is CCOC(Cc1ccc(OCCN(C)c2nc(-c3ccc(F)cc3)nc(N3CCOCC3)n2)cc1)C(=O)O. The zero-order chi connectivity index (χ0) is 26.9. The van der Waals surface area contributed by atoms with Crippen LogP contribution in [0.1, 0.15) is 12.5 Å². The van der Waals surface area contributed by atoms with Crippen molar-refractivity contribution in [3.05, 3.63) is 59.9 Å². The van der Waals surface area contributed by atoms with E-state index in [2.05, 4.69) is 15.0 Å². The van der Waals surface area contributed by atoms with Crippen LogP contribution in [0.25, 0.3) is 11.4 Å². The Hall–Kier alpha value is -3.83. The average Bonchev–Trinajstić information content (AvgIpc) is 2.94. The van der Waals surface area contributed by atoms with Crippen molar-refractivity contribution in [3.63, 3.8) is 0 Å². The zero-order valence-electron chi connectivity index (χ0n) is 21.5. The number of morpholine rings is 1. The first-order chi connectivity index (χ1) is 18.4. The van der Waals surface area contributed by atoms with E-state index in [1.165, 1.54) is 12.1 Å². The van der Waals surface area contributed by atoms with E-state index in [-0.39, 0.29) is 12.2 Å². The van der Waals surface area contributed by atoms with Gasteiger partial charge < -0.3 is 29.1 Å². The molecule has 1 unspecified atom stereocenters. The molecule has 1 fully saturated rings. The van der Waals surface area contributed by atoms with Gasteiger partial charge in [-0.25, -0.2) is 9.18 Å². The number of carboxylic acid groups (broad SMARTS) is 1. The highest BCUT2D eigenvalue weighted by molar-refractivity contribution is 5.72. The lowest BCUT2D eigenvalue weighted by molar-refractivity contribution is -0.149. The van der Waals surface area contributed by atoms with Crippen molar-refractivity contribution < 1.29 is 28.5 Å². The number of hydrogen-bond acceptors (Lipinski definition) is 9. The van der Waals surface area contributed by atoms with Gasteiger partial charge in [-0.15, -0.1) is 0 Å². The Morgan fingerprint density at radius 2 is 1.82 bits per heavy atom. The quantitative estimate of drug-likeness (QED) is 0.379. The molecule has 1 aliphatic rings. The second-order valence-corrected chi connectivity index (χ2v) is 8.77. The van der Waals surface area contributed by atoms with Crippen LogP contribution in [-0.4, -0.2) is 85.2 Å². The lowest BCUT2D eigenvalue weighted by Crippen LogP contribution is -2.38. The number of aliphatic carboxylic acids is 1. The normalized spacial score (nSPS) is 14.2. The molecule has 1 aromatic heterocycles. The molecule has 3 aromatic rings. The summed E-state index contributed by atoms with van der Waals surface area (Å²) >= 11 is 0. The molecule has 1 atom stereocenters. The van der Waals surface area contributed by atoms with Crippen LogP contribution in [0.5, 0.6) is 5.75 Å². The number of aromatic nitrogens is 3. The molecule has 10 nitrogen and oxygen atoms in total. The van der Waals surface area contributed by atoms with Gasteiger partial charge in [0.1, 0.15) is 18.2 Å². The second-order valence-electron chi connectivity index (χ2n) is 8.77. The molecule has 0 spiro atoms. The Bertz CT molecular complexity index is 1190. The van der Waals surface area contributed by atoms with E-state index in [1.807, 2.05) is 41.1 Å². The third kappa shape index (κ3) is 7.36. The summed E-state index contributed by atoms with van der Waals surface area (Å²) in [5, 5.41) is 9.27. The number of carboxylic acids is 1. The summed E-state index contributed by atoms with van der Waals surface area (Å²) in [4.78, 5) is 29.2. The largest absolute Gasteiger partial charge is 0.492 e. The van der Waals surface area contributed by atoms with E-state index in [4.69, 9.17) is 14.2 Å². The van der Waals surface area contributed by atoms with Gasteiger partial charge >= 0.3 is 5.97 Å². The molecule has 4 rings (SSSR count). The average molecular weight is 526 g/mol. The van der Waals surface area contributed by atoms with Gasteiger partial charge in [0.15, 0.2) is 11.9 Å². The molecule has 0 saturated carbocycles. The van der Waals surface area contributed by atoms with Crippen molar-refractivity contribution in [2.24, 2.45) is 0 Å². The first-order valence-electron chi connectivity index (χ1n) is 12.5. The number of halogens is 1. The molecule has 202 valence electrons. The van der Waals surface area contributed by atoms with Crippen molar-refractivity contribution in [1.29, 1.82) is 0 Å². The number of ether oxygens (including phenoxy) is 3. The zero-order valence-corrected chi connectivity index (χ0v) is 21.5. The molecular weight excluding hydrogens is 493 g/mol. The number of nitrogens with zero attached hydrogens (tertiary/aromatic N) is 5. The maximum absolute atomic E-state index is 13.5. The Kier molecular flexibility index (Phi) is 9.39. The minimum absolute atomic E-state index is 0.285. The van der Waals surface area contributed by atoms with Crippen LogP contribution in [0.3, 0.4) is 0 Å². The van der Waals surface area contributed by atoms with E-state index in [0.29, 0.717) is 75.1 Å². The minimum Gasteiger partial charge on any atom is -0.492 e. The summed E-state index contributed by atoms with van der Waals surface area (Å²) in [5.41, 5.74) is 1.55. The Labute approximate surface area is 221 Å². The van der Waals surface area contributed by atoms with Gasteiger partial charge in [-0.05, 0) is 48.9 Å². The first-order valence-corrected chi connectivity index (χ1v) is 12.5. The third-order valence-corrected chi connectivity index (χ3v) is 6.03. The molecule has 38 heavy (non-hydrogen) atoms. The molecule has 2 heterocycles. The number of hydrogen-bond donors (Lipinski definition) is 1. The molecule has 2 aromatic carbocycles. The molecule has 0 bridgehead atoms. The molecule has 1 N–H and O–H groups in total. The molecule has 1 saturated heterocycles. The molecule has 1 aliphatic heterocycles. The number of carbonyl (C=O) groups is 1. The van der Waals surface area contributed by atoms with Gasteiger partial charge in [-0.1, -0.05) is 12.1 Å². The molecule has 0 radical (unpaired) electrons. The van der Waals surface area contributed by atoms with E-state index in [9.17, 15) is 14.3 Å². The summed E-state index contributed by atoms with van der Waals surface area (Å²) in [6.07, 6.45) is -0.587. The lowest BCUT2D eigenvalue weighted by atomic mass is 10.1. The highest BCUT2D eigenvalue weighted by Crippen LogP contribution is 2.22. The Balaban J connectivity index is 1.41. The van der Waals surface area contributed by atoms with Crippen LogP contribution in [-0.2, 0) is 20.7 Å². The number of rotatable bonds is 12. The number of likely N-dealkylation sites (N-methyl/N-ethyl adjacent to an activating group) is 1. The minimum atomic E-state index is -0.979. The smallest absolute Gasteiger partial charge is 0.333 e. The van der Waals surface area contributed by atoms with Crippen LogP contribution < -0.4 is 14.5 Å². The monoisotopic (exact) mass is 525 g/mol. The Morgan fingerprint density at radius 3 is 2.47 bits per heavy atom. The summed E-state index contributed by atoms with van der Waals surface area (Å²) in [5.74, 6) is 0.861. The number of anilines is 2. The van der Waals surface area contributed by atoms with Crippen molar-refractivity contribution in [3.8, 4) is 17.1 Å². The topological polar surface area (TPSA) is 110 Å². The molecule has 0 aliphatic carbocycles. The van der Waals surface area contributed by atoms with Gasteiger partial charge in [0.2, 0.25) is 11.9 Å². The Morgan fingerprint density at radius 1 is 1.11 bits per heavy atom. The van der Waals surface area contributed by atoms with Crippen LogP contribution in [0.2, 0.25) is 0 Å². The fourth-order valence-electron chi connectivity index (χ4n) is 3.91. The fourth-order valence-corrected chi connectivity index (χ4v) is 3.91. The maximum Gasteiger partial charge on any atom is 0.333 e. The van der Waals surface area contributed by atoms with Crippen LogP contribution in [0.4, 0.5) is 16.3 Å². The van der Waals surface area contributed by atoms with Crippen molar-refractivity contribution in [2.75, 3.05) is 62.9 Å². The van der Waals surface area contributed by atoms with Gasteiger partial charge in [0.05, 0.1) is 19.8 Å². The highest BCUT2D eigenvalue weighted by Gasteiger charge is 2.20. The third-order valence-electron chi connectivity index (χ3n) is 6.03. The standard InChI is InChI=1S/C27H32FN5O5/c1-3-37-23(25(34)35)18-19-4-10-22(11-5-19)38-17-12-32(2)26-29-24(20-6-8-21(28)9-7-20)30-27(31-26)33-13-15-36-16-14-33/h4-11,23H,3,12-18H2,1-2H3,(H,34,35). The first kappa shape index (κ1) is 27.2.